The summed E-state index contributed by atoms with van der Waals surface area (Å²) in [4.78, 5) is 36.2. The Morgan fingerprint density at radius 1 is 1.38 bits per heavy atom. The highest BCUT2D eigenvalue weighted by Crippen LogP contribution is 2.39. The maximum absolute atomic E-state index is 12.5. The molecule has 0 fully saturated rings. The highest BCUT2D eigenvalue weighted by molar-refractivity contribution is 7.80. The molecule has 2 aromatic rings. The normalized spacial score (nSPS) is 15.3. The van der Waals surface area contributed by atoms with E-state index in [2.05, 4.69) is 17.6 Å². The number of thiophene rings is 1. The minimum Gasteiger partial charge on any atom is -0.365 e. The van der Waals surface area contributed by atoms with Crippen LogP contribution in [0.3, 0.4) is 0 Å². The number of nitrogens with two attached hydrogens (primary N) is 1. The molecule has 1 atom stereocenters. The standard InChI is InChI=1S/C19H20N4O4S2/c1-9-6-7-12-14(8-9)29-18(15(12)16(20)24)22-19(28)21-17(25)11-4-3-5-13(10(11)2)23(26)27/h3-5,9H,6-8H2,1-2H3,(H2,20,24)(H2,21,22,25,28)/t9-/m1/s1. The number of nitro benzene ring substituents is 1. The lowest BCUT2D eigenvalue weighted by Gasteiger charge is -2.18. The van der Waals surface area contributed by atoms with Gasteiger partial charge in [-0.2, -0.15) is 0 Å². The Labute approximate surface area is 176 Å². The minimum atomic E-state index is -0.570. The van der Waals surface area contributed by atoms with Gasteiger partial charge in [0.05, 0.1) is 10.5 Å². The second-order valence-corrected chi connectivity index (χ2v) is 8.55. The van der Waals surface area contributed by atoms with Crippen LogP contribution < -0.4 is 16.4 Å². The third kappa shape index (κ3) is 4.28. The fraction of sp³-hybridized carbons (Fsp3) is 0.316. The number of nitro groups is 1. The Kier molecular flexibility index (Phi) is 5.94. The molecule has 1 aliphatic carbocycles. The lowest BCUT2D eigenvalue weighted by atomic mass is 9.88. The number of amides is 2. The quantitative estimate of drug-likeness (QED) is 0.386. The van der Waals surface area contributed by atoms with Gasteiger partial charge in [0.15, 0.2) is 5.11 Å². The number of anilines is 1. The molecule has 2 amide bonds. The lowest BCUT2D eigenvalue weighted by molar-refractivity contribution is -0.385. The zero-order chi connectivity index (χ0) is 21.3. The van der Waals surface area contributed by atoms with E-state index in [-0.39, 0.29) is 21.9 Å². The number of nitrogens with one attached hydrogen (secondary N) is 2. The number of carbonyl (C=O) groups is 2. The first-order chi connectivity index (χ1) is 13.7. The van der Waals surface area contributed by atoms with E-state index in [4.69, 9.17) is 18.0 Å². The fourth-order valence-electron chi connectivity index (χ4n) is 3.47. The van der Waals surface area contributed by atoms with E-state index in [9.17, 15) is 19.7 Å². The van der Waals surface area contributed by atoms with Gasteiger partial charge < -0.3 is 11.1 Å². The maximum atomic E-state index is 12.5. The van der Waals surface area contributed by atoms with Crippen LogP contribution in [-0.2, 0) is 12.8 Å². The maximum Gasteiger partial charge on any atom is 0.273 e. The van der Waals surface area contributed by atoms with Crippen molar-refractivity contribution in [3.05, 3.63) is 55.4 Å². The Bertz CT molecular complexity index is 1030. The molecule has 29 heavy (non-hydrogen) atoms. The van der Waals surface area contributed by atoms with Crippen LogP contribution in [0.15, 0.2) is 18.2 Å². The van der Waals surface area contributed by atoms with E-state index in [1.165, 1.54) is 36.5 Å². The molecule has 0 saturated carbocycles. The predicted molar refractivity (Wildman–Crippen MR) is 116 cm³/mol. The lowest BCUT2D eigenvalue weighted by Crippen LogP contribution is -2.34. The van der Waals surface area contributed by atoms with Crippen LogP contribution in [-0.4, -0.2) is 21.9 Å². The molecule has 1 aromatic heterocycles. The molecule has 1 heterocycles. The monoisotopic (exact) mass is 432 g/mol. The number of rotatable bonds is 4. The molecule has 0 unspecified atom stereocenters. The van der Waals surface area contributed by atoms with Crippen molar-refractivity contribution in [1.29, 1.82) is 0 Å². The summed E-state index contributed by atoms with van der Waals surface area (Å²) in [5.41, 5.74) is 7.20. The Morgan fingerprint density at radius 3 is 2.76 bits per heavy atom. The average molecular weight is 433 g/mol. The summed E-state index contributed by atoms with van der Waals surface area (Å²) in [7, 11) is 0. The van der Waals surface area contributed by atoms with Gasteiger partial charge in [0, 0.05) is 22.1 Å². The van der Waals surface area contributed by atoms with E-state index in [0.29, 0.717) is 16.5 Å². The van der Waals surface area contributed by atoms with Gasteiger partial charge in [0.1, 0.15) is 5.00 Å². The summed E-state index contributed by atoms with van der Waals surface area (Å²) < 4.78 is 0. The zero-order valence-corrected chi connectivity index (χ0v) is 17.5. The first-order valence-electron chi connectivity index (χ1n) is 8.99. The van der Waals surface area contributed by atoms with Gasteiger partial charge in [-0.05, 0) is 56.0 Å². The number of thiocarbonyl (C=S) groups is 1. The molecule has 0 saturated heterocycles. The molecule has 1 aliphatic rings. The van der Waals surface area contributed by atoms with Gasteiger partial charge in [0.2, 0.25) is 0 Å². The van der Waals surface area contributed by atoms with E-state index in [0.717, 1.165) is 29.7 Å². The number of hydrogen-bond donors (Lipinski definition) is 3. The van der Waals surface area contributed by atoms with E-state index in [1.54, 1.807) is 0 Å². The van der Waals surface area contributed by atoms with Crippen molar-refractivity contribution in [2.24, 2.45) is 11.7 Å². The van der Waals surface area contributed by atoms with Crippen LogP contribution in [0.5, 0.6) is 0 Å². The molecule has 0 bridgehead atoms. The van der Waals surface area contributed by atoms with Crippen molar-refractivity contribution in [3.63, 3.8) is 0 Å². The summed E-state index contributed by atoms with van der Waals surface area (Å²) >= 11 is 6.64. The Hall–Kier alpha value is -2.85. The van der Waals surface area contributed by atoms with E-state index < -0.39 is 16.7 Å². The number of hydrogen-bond acceptors (Lipinski definition) is 6. The van der Waals surface area contributed by atoms with Gasteiger partial charge in [-0.1, -0.05) is 13.0 Å². The number of carbonyl (C=O) groups excluding carboxylic acids is 2. The molecule has 1 aromatic carbocycles. The first kappa shape index (κ1) is 20.9. The van der Waals surface area contributed by atoms with Crippen molar-refractivity contribution in [1.82, 2.24) is 5.32 Å². The molecule has 0 radical (unpaired) electrons. The molecule has 152 valence electrons. The zero-order valence-electron chi connectivity index (χ0n) is 15.9. The number of fused-ring (bicyclic) bond motifs is 1. The molecule has 4 N–H and O–H groups in total. The van der Waals surface area contributed by atoms with Crippen molar-refractivity contribution < 1.29 is 14.5 Å². The fourth-order valence-corrected chi connectivity index (χ4v) is 5.15. The second kappa shape index (κ2) is 8.26. The van der Waals surface area contributed by atoms with Crippen LogP contribution in [0.25, 0.3) is 0 Å². The number of primary amides is 1. The van der Waals surface area contributed by atoms with Gasteiger partial charge in [-0.25, -0.2) is 0 Å². The molecule has 0 aliphatic heterocycles. The third-order valence-electron chi connectivity index (χ3n) is 4.96. The Balaban J connectivity index is 1.80. The van der Waals surface area contributed by atoms with Crippen LogP contribution >= 0.6 is 23.6 Å². The van der Waals surface area contributed by atoms with E-state index in [1.807, 2.05) is 0 Å². The molecule has 0 spiro atoms. The average Bonchev–Trinajstić information content (AvgIpc) is 2.98. The smallest absolute Gasteiger partial charge is 0.273 e. The Morgan fingerprint density at radius 2 is 2.10 bits per heavy atom. The van der Waals surface area contributed by atoms with Gasteiger partial charge in [-0.15, -0.1) is 11.3 Å². The van der Waals surface area contributed by atoms with Crippen LogP contribution in [0.4, 0.5) is 10.7 Å². The van der Waals surface area contributed by atoms with Crippen LogP contribution in [0, 0.1) is 23.0 Å². The molecular formula is C19H20N4O4S2. The largest absolute Gasteiger partial charge is 0.365 e. The van der Waals surface area contributed by atoms with Crippen molar-refractivity contribution in [3.8, 4) is 0 Å². The molecule has 3 rings (SSSR count). The molecular weight excluding hydrogens is 412 g/mol. The van der Waals surface area contributed by atoms with Crippen molar-refractivity contribution in [2.45, 2.75) is 33.1 Å². The van der Waals surface area contributed by atoms with E-state index >= 15 is 0 Å². The van der Waals surface area contributed by atoms with Crippen molar-refractivity contribution in [2.75, 3.05) is 5.32 Å². The van der Waals surface area contributed by atoms with Crippen LogP contribution in [0.1, 0.15) is 50.1 Å². The van der Waals surface area contributed by atoms with Crippen LogP contribution in [0.2, 0.25) is 0 Å². The van der Waals surface area contributed by atoms with Gasteiger partial charge in [0.25, 0.3) is 17.5 Å². The molecule has 10 heteroatoms. The second-order valence-electron chi connectivity index (χ2n) is 7.04. The summed E-state index contributed by atoms with van der Waals surface area (Å²) in [5.74, 6) is -0.583. The highest BCUT2D eigenvalue weighted by atomic mass is 32.1. The SMILES string of the molecule is Cc1c(C(=O)NC(=S)Nc2sc3c(c2C(N)=O)CC[C@@H](C)C3)cccc1[N+](=O)[O-]. The summed E-state index contributed by atoms with van der Waals surface area (Å²) in [6.45, 7) is 3.66. The third-order valence-corrected chi connectivity index (χ3v) is 6.33. The van der Waals surface area contributed by atoms with Crippen molar-refractivity contribution >= 4 is 51.2 Å². The summed E-state index contributed by atoms with van der Waals surface area (Å²) in [6.07, 6.45) is 2.63. The highest BCUT2D eigenvalue weighted by Gasteiger charge is 2.27. The summed E-state index contributed by atoms with van der Waals surface area (Å²) in [6, 6.07) is 4.26. The predicted octanol–water partition coefficient (Wildman–Crippen LogP) is 3.32. The minimum absolute atomic E-state index is 0.00458. The first-order valence-corrected chi connectivity index (χ1v) is 10.2. The number of nitrogens with zero attached hydrogens (tertiary/aromatic N) is 1. The summed E-state index contributed by atoms with van der Waals surface area (Å²) in [5, 5.41) is 17.0. The van der Waals surface area contributed by atoms with Gasteiger partial charge >= 0.3 is 0 Å². The number of benzene rings is 1. The molecule has 8 nitrogen and oxygen atoms in total. The van der Waals surface area contributed by atoms with Gasteiger partial charge in [-0.3, -0.25) is 25.0 Å². The topological polar surface area (TPSA) is 127 Å².